The van der Waals surface area contributed by atoms with Gasteiger partial charge in [0.2, 0.25) is 0 Å². The van der Waals surface area contributed by atoms with E-state index < -0.39 is 0 Å². The topological polar surface area (TPSA) is 69.2 Å². The zero-order valence-electron chi connectivity index (χ0n) is 8.78. The number of hydrogen-bond acceptors (Lipinski definition) is 3. The van der Waals surface area contributed by atoms with Crippen molar-refractivity contribution in [3.63, 3.8) is 0 Å². The highest BCUT2D eigenvalue weighted by Crippen LogP contribution is 2.38. The lowest BCUT2D eigenvalue weighted by Crippen LogP contribution is -2.33. The molecule has 1 aliphatic carbocycles. The minimum absolute atomic E-state index is 0.0982. The summed E-state index contributed by atoms with van der Waals surface area (Å²) in [5.41, 5.74) is 6.86. The Bertz CT molecular complexity index is 428. The van der Waals surface area contributed by atoms with E-state index in [1.807, 2.05) is 6.07 Å². The van der Waals surface area contributed by atoms with E-state index in [0.717, 1.165) is 31.2 Å². The molecular formula is C11H13BrN2O2. The van der Waals surface area contributed by atoms with Gasteiger partial charge in [-0.2, -0.15) is 0 Å². The van der Waals surface area contributed by atoms with E-state index in [2.05, 4.69) is 15.9 Å². The molecule has 0 atom stereocenters. The highest BCUT2D eigenvalue weighted by atomic mass is 79.9. The van der Waals surface area contributed by atoms with E-state index in [1.165, 1.54) is 6.07 Å². The molecule has 4 nitrogen and oxygen atoms in total. The summed E-state index contributed by atoms with van der Waals surface area (Å²) in [5, 5.41) is 10.8. The SMILES string of the molecule is NC1(c2cc(Br)cc([N+](=O)[O-])c2)CCCC1. The van der Waals surface area contributed by atoms with Gasteiger partial charge in [0.05, 0.1) is 4.92 Å². The Kier molecular flexibility index (Phi) is 2.99. The number of nitro groups is 1. The first kappa shape index (κ1) is 11.5. The number of non-ortho nitro benzene ring substituents is 1. The van der Waals surface area contributed by atoms with E-state index in [9.17, 15) is 10.1 Å². The van der Waals surface area contributed by atoms with Gasteiger partial charge in [-0.25, -0.2) is 0 Å². The molecule has 0 unspecified atom stereocenters. The van der Waals surface area contributed by atoms with Gasteiger partial charge in [-0.05, 0) is 24.5 Å². The van der Waals surface area contributed by atoms with E-state index in [4.69, 9.17) is 5.73 Å². The second-order valence-corrected chi connectivity index (χ2v) is 5.23. The molecule has 1 aromatic rings. The van der Waals surface area contributed by atoms with Crippen molar-refractivity contribution in [1.82, 2.24) is 0 Å². The van der Waals surface area contributed by atoms with Crippen LogP contribution in [-0.2, 0) is 5.54 Å². The van der Waals surface area contributed by atoms with Crippen LogP contribution in [0.5, 0.6) is 0 Å². The van der Waals surface area contributed by atoms with E-state index in [1.54, 1.807) is 6.07 Å². The lowest BCUT2D eigenvalue weighted by molar-refractivity contribution is -0.385. The standard InChI is InChI=1S/C11H13BrN2O2/c12-9-5-8(6-10(7-9)14(15)16)11(13)3-1-2-4-11/h5-7H,1-4,13H2. The molecule has 16 heavy (non-hydrogen) atoms. The third-order valence-corrected chi connectivity index (χ3v) is 3.62. The van der Waals surface area contributed by atoms with Crippen LogP contribution in [0.15, 0.2) is 22.7 Å². The van der Waals surface area contributed by atoms with Gasteiger partial charge in [-0.3, -0.25) is 10.1 Å². The Morgan fingerprint density at radius 1 is 1.31 bits per heavy atom. The molecule has 5 heteroatoms. The Morgan fingerprint density at radius 3 is 2.50 bits per heavy atom. The first-order valence-electron chi connectivity index (χ1n) is 5.26. The molecule has 1 aromatic carbocycles. The van der Waals surface area contributed by atoms with Crippen molar-refractivity contribution in [3.8, 4) is 0 Å². The Balaban J connectivity index is 2.44. The van der Waals surface area contributed by atoms with E-state index >= 15 is 0 Å². The maximum Gasteiger partial charge on any atom is 0.270 e. The Hall–Kier alpha value is -0.940. The molecule has 0 bridgehead atoms. The number of nitrogens with two attached hydrogens (primary N) is 1. The number of halogens is 1. The van der Waals surface area contributed by atoms with Crippen molar-refractivity contribution in [2.45, 2.75) is 31.2 Å². The van der Waals surface area contributed by atoms with Gasteiger partial charge in [0, 0.05) is 22.1 Å². The van der Waals surface area contributed by atoms with Crippen LogP contribution in [0.3, 0.4) is 0 Å². The lowest BCUT2D eigenvalue weighted by Gasteiger charge is -2.24. The summed E-state index contributed by atoms with van der Waals surface area (Å²) in [6.45, 7) is 0. The lowest BCUT2D eigenvalue weighted by atomic mass is 9.89. The molecule has 0 aliphatic heterocycles. The van der Waals surface area contributed by atoms with Crippen LogP contribution >= 0.6 is 15.9 Å². The maximum atomic E-state index is 10.8. The summed E-state index contributed by atoms with van der Waals surface area (Å²) in [6, 6.07) is 4.98. The van der Waals surface area contributed by atoms with E-state index in [0.29, 0.717) is 4.47 Å². The summed E-state index contributed by atoms with van der Waals surface area (Å²) in [4.78, 5) is 10.4. The number of nitro benzene ring substituents is 1. The fraction of sp³-hybridized carbons (Fsp3) is 0.455. The van der Waals surface area contributed by atoms with Crippen molar-refractivity contribution in [2.75, 3.05) is 0 Å². The van der Waals surface area contributed by atoms with Crippen LogP contribution in [0.4, 0.5) is 5.69 Å². The molecule has 2 rings (SSSR count). The van der Waals surface area contributed by atoms with Crippen molar-refractivity contribution in [2.24, 2.45) is 5.73 Å². The predicted octanol–water partition coefficient (Wildman–Crippen LogP) is 3.09. The second-order valence-electron chi connectivity index (χ2n) is 4.32. The highest BCUT2D eigenvalue weighted by Gasteiger charge is 2.32. The van der Waals surface area contributed by atoms with Gasteiger partial charge < -0.3 is 5.73 Å². The molecule has 0 spiro atoms. The summed E-state index contributed by atoms with van der Waals surface area (Å²) < 4.78 is 0.716. The zero-order valence-corrected chi connectivity index (χ0v) is 10.4. The Labute approximate surface area is 102 Å². The average Bonchev–Trinajstić information content (AvgIpc) is 2.65. The molecule has 0 aromatic heterocycles. The van der Waals surface area contributed by atoms with Gasteiger partial charge in [-0.1, -0.05) is 28.8 Å². The van der Waals surface area contributed by atoms with Crippen molar-refractivity contribution >= 4 is 21.6 Å². The molecule has 2 N–H and O–H groups in total. The first-order chi connectivity index (χ1) is 7.51. The van der Waals surface area contributed by atoms with Crippen molar-refractivity contribution in [1.29, 1.82) is 0 Å². The molecule has 0 saturated heterocycles. The second kappa shape index (κ2) is 4.14. The van der Waals surface area contributed by atoms with Crippen LogP contribution < -0.4 is 5.73 Å². The van der Waals surface area contributed by atoms with Crippen LogP contribution in [0, 0.1) is 10.1 Å². The third-order valence-electron chi connectivity index (χ3n) is 3.16. The van der Waals surface area contributed by atoms with Crippen LogP contribution in [-0.4, -0.2) is 4.92 Å². The van der Waals surface area contributed by atoms with Crippen LogP contribution in [0.1, 0.15) is 31.2 Å². The highest BCUT2D eigenvalue weighted by molar-refractivity contribution is 9.10. The molecule has 86 valence electrons. The first-order valence-corrected chi connectivity index (χ1v) is 6.05. The molecule has 1 saturated carbocycles. The minimum atomic E-state index is -0.382. The molecular weight excluding hydrogens is 272 g/mol. The molecule has 0 heterocycles. The van der Waals surface area contributed by atoms with Gasteiger partial charge in [-0.15, -0.1) is 0 Å². The van der Waals surface area contributed by atoms with Crippen LogP contribution in [0.2, 0.25) is 0 Å². The van der Waals surface area contributed by atoms with Gasteiger partial charge in [0.1, 0.15) is 0 Å². The maximum absolute atomic E-state index is 10.8. The van der Waals surface area contributed by atoms with Crippen molar-refractivity contribution in [3.05, 3.63) is 38.3 Å². The Morgan fingerprint density at radius 2 is 1.94 bits per heavy atom. The zero-order chi connectivity index (χ0) is 11.8. The normalized spacial score (nSPS) is 18.6. The number of hydrogen-bond donors (Lipinski definition) is 1. The van der Waals surface area contributed by atoms with Gasteiger partial charge in [0.15, 0.2) is 0 Å². The quantitative estimate of drug-likeness (QED) is 0.670. The van der Waals surface area contributed by atoms with Gasteiger partial charge in [0.25, 0.3) is 5.69 Å². The smallest absolute Gasteiger partial charge is 0.270 e. The van der Waals surface area contributed by atoms with Crippen molar-refractivity contribution < 1.29 is 4.92 Å². The number of nitrogens with zero attached hydrogens (tertiary/aromatic N) is 1. The largest absolute Gasteiger partial charge is 0.321 e. The van der Waals surface area contributed by atoms with Gasteiger partial charge >= 0.3 is 0 Å². The number of rotatable bonds is 2. The summed E-state index contributed by atoms with van der Waals surface area (Å²) in [6.07, 6.45) is 3.99. The molecule has 1 fully saturated rings. The third kappa shape index (κ3) is 2.10. The summed E-state index contributed by atoms with van der Waals surface area (Å²) in [7, 11) is 0. The fourth-order valence-electron chi connectivity index (χ4n) is 2.26. The molecule has 1 aliphatic rings. The summed E-state index contributed by atoms with van der Waals surface area (Å²) >= 11 is 3.29. The fourth-order valence-corrected chi connectivity index (χ4v) is 2.74. The predicted molar refractivity (Wildman–Crippen MR) is 65.1 cm³/mol. The monoisotopic (exact) mass is 284 g/mol. The summed E-state index contributed by atoms with van der Waals surface area (Å²) in [5.74, 6) is 0. The number of benzene rings is 1. The average molecular weight is 285 g/mol. The minimum Gasteiger partial charge on any atom is -0.321 e. The molecule has 0 amide bonds. The van der Waals surface area contributed by atoms with E-state index in [-0.39, 0.29) is 16.1 Å². The van der Waals surface area contributed by atoms with Crippen LogP contribution in [0.25, 0.3) is 0 Å². The molecule has 0 radical (unpaired) electrons.